The summed E-state index contributed by atoms with van der Waals surface area (Å²) in [6.45, 7) is 2.33. The topological polar surface area (TPSA) is 55.4 Å². The van der Waals surface area contributed by atoms with E-state index in [0.29, 0.717) is 11.3 Å². The van der Waals surface area contributed by atoms with Crippen molar-refractivity contribution in [2.45, 2.75) is 32.4 Å². The number of rotatable bonds is 10. The minimum atomic E-state index is -0.659. The number of amides is 1. The van der Waals surface area contributed by atoms with Crippen LogP contribution in [0, 0.1) is 0 Å². The van der Waals surface area contributed by atoms with Crippen molar-refractivity contribution in [2.24, 2.45) is 0 Å². The van der Waals surface area contributed by atoms with Gasteiger partial charge < -0.3 is 10.1 Å². The lowest BCUT2D eigenvalue weighted by molar-refractivity contribution is -0.146. The normalized spacial score (nSPS) is 11.6. The molecule has 1 atom stereocenters. The van der Waals surface area contributed by atoms with Gasteiger partial charge in [0, 0.05) is 11.3 Å². The Kier molecular flexibility index (Phi) is 8.76. The van der Waals surface area contributed by atoms with Crippen molar-refractivity contribution in [1.82, 2.24) is 5.32 Å². The summed E-state index contributed by atoms with van der Waals surface area (Å²) in [7, 11) is 0. The fourth-order valence-corrected chi connectivity index (χ4v) is 3.39. The van der Waals surface area contributed by atoms with Crippen LogP contribution in [0.2, 0.25) is 0 Å². The SMILES string of the molecule is CCCCSC[C@H](NC(=O)c1ccccc1)C(=O)OCc1ccccc1. The van der Waals surface area contributed by atoms with E-state index < -0.39 is 12.0 Å². The molecule has 0 heterocycles. The zero-order valence-corrected chi connectivity index (χ0v) is 15.8. The van der Waals surface area contributed by atoms with Crippen LogP contribution >= 0.6 is 11.8 Å². The molecule has 0 bridgehead atoms. The zero-order chi connectivity index (χ0) is 18.6. The lowest BCUT2D eigenvalue weighted by Crippen LogP contribution is -2.43. The molecule has 0 aliphatic rings. The van der Waals surface area contributed by atoms with Crippen LogP contribution in [-0.2, 0) is 16.1 Å². The quantitative estimate of drug-likeness (QED) is 0.505. The second kappa shape index (κ2) is 11.4. The highest BCUT2D eigenvalue weighted by Crippen LogP contribution is 2.10. The lowest BCUT2D eigenvalue weighted by atomic mass is 10.2. The monoisotopic (exact) mass is 371 g/mol. The minimum absolute atomic E-state index is 0.205. The van der Waals surface area contributed by atoms with E-state index in [1.54, 1.807) is 36.0 Å². The molecule has 0 unspecified atom stereocenters. The van der Waals surface area contributed by atoms with Crippen molar-refractivity contribution in [1.29, 1.82) is 0 Å². The molecule has 0 aliphatic heterocycles. The van der Waals surface area contributed by atoms with Gasteiger partial charge in [-0.05, 0) is 29.9 Å². The van der Waals surface area contributed by atoms with Crippen LogP contribution < -0.4 is 5.32 Å². The van der Waals surface area contributed by atoms with Crippen LogP contribution in [-0.4, -0.2) is 29.4 Å². The van der Waals surface area contributed by atoms with Gasteiger partial charge in [-0.1, -0.05) is 61.9 Å². The highest BCUT2D eigenvalue weighted by Gasteiger charge is 2.23. The van der Waals surface area contributed by atoms with Crippen molar-refractivity contribution in [2.75, 3.05) is 11.5 Å². The average molecular weight is 372 g/mol. The van der Waals surface area contributed by atoms with Crippen molar-refractivity contribution in [3.8, 4) is 0 Å². The fraction of sp³-hybridized carbons (Fsp3) is 0.333. The average Bonchev–Trinajstić information content (AvgIpc) is 2.69. The molecule has 0 radical (unpaired) electrons. The lowest BCUT2D eigenvalue weighted by Gasteiger charge is -2.17. The van der Waals surface area contributed by atoms with Crippen LogP contribution in [0.5, 0.6) is 0 Å². The Morgan fingerprint density at radius 1 is 1.04 bits per heavy atom. The van der Waals surface area contributed by atoms with Gasteiger partial charge in [-0.25, -0.2) is 4.79 Å². The van der Waals surface area contributed by atoms with Crippen molar-refractivity contribution in [3.05, 3.63) is 71.8 Å². The Labute approximate surface area is 159 Å². The van der Waals surface area contributed by atoms with Crippen molar-refractivity contribution >= 4 is 23.6 Å². The summed E-state index contributed by atoms with van der Waals surface area (Å²) in [6, 6.07) is 17.8. The second-order valence-electron chi connectivity index (χ2n) is 5.91. The Hall–Kier alpha value is -2.27. The highest BCUT2D eigenvalue weighted by molar-refractivity contribution is 7.99. The van der Waals surface area contributed by atoms with Gasteiger partial charge in [-0.15, -0.1) is 0 Å². The number of carbonyl (C=O) groups excluding carboxylic acids is 2. The van der Waals surface area contributed by atoms with E-state index in [1.807, 2.05) is 36.4 Å². The first-order chi connectivity index (χ1) is 12.7. The van der Waals surface area contributed by atoms with Gasteiger partial charge in [0.2, 0.25) is 0 Å². The van der Waals surface area contributed by atoms with Crippen LogP contribution in [0.1, 0.15) is 35.7 Å². The molecule has 0 spiro atoms. The molecule has 138 valence electrons. The molecule has 2 rings (SSSR count). The standard InChI is InChI=1S/C21H25NO3S/c1-2-3-14-26-16-19(22-20(23)18-12-8-5-9-13-18)21(24)25-15-17-10-6-4-7-11-17/h4-13,19H,2-3,14-16H2,1H3,(H,22,23)/t19-/m0/s1. The van der Waals surface area contributed by atoms with Gasteiger partial charge in [-0.2, -0.15) is 11.8 Å². The molecular formula is C21H25NO3S. The number of esters is 1. The summed E-state index contributed by atoms with van der Waals surface area (Å²) < 4.78 is 5.42. The second-order valence-corrected chi connectivity index (χ2v) is 7.06. The number of nitrogens with one attached hydrogen (secondary N) is 1. The molecule has 0 saturated carbocycles. The van der Waals surface area contributed by atoms with E-state index >= 15 is 0 Å². The van der Waals surface area contributed by atoms with E-state index in [-0.39, 0.29) is 12.5 Å². The maximum absolute atomic E-state index is 12.5. The predicted molar refractivity (Wildman–Crippen MR) is 106 cm³/mol. The van der Waals surface area contributed by atoms with E-state index in [2.05, 4.69) is 12.2 Å². The third-order valence-electron chi connectivity index (χ3n) is 3.78. The molecule has 2 aromatic rings. The number of unbranched alkanes of at least 4 members (excludes halogenated alkanes) is 1. The Balaban J connectivity index is 1.94. The van der Waals surface area contributed by atoms with Crippen molar-refractivity contribution < 1.29 is 14.3 Å². The number of hydrogen-bond donors (Lipinski definition) is 1. The molecule has 0 aromatic heterocycles. The van der Waals surface area contributed by atoms with Crippen LogP contribution in [0.3, 0.4) is 0 Å². The van der Waals surface area contributed by atoms with Gasteiger partial charge >= 0.3 is 5.97 Å². The number of ether oxygens (including phenoxy) is 1. The first kappa shape index (κ1) is 20.0. The van der Waals surface area contributed by atoms with Crippen molar-refractivity contribution in [3.63, 3.8) is 0 Å². The minimum Gasteiger partial charge on any atom is -0.459 e. The molecule has 0 saturated heterocycles. The molecule has 26 heavy (non-hydrogen) atoms. The van der Waals surface area contributed by atoms with E-state index in [1.165, 1.54) is 0 Å². The van der Waals surface area contributed by atoms with Gasteiger partial charge in [0.15, 0.2) is 0 Å². The van der Waals surface area contributed by atoms with Gasteiger partial charge in [-0.3, -0.25) is 4.79 Å². The third kappa shape index (κ3) is 6.92. The molecule has 1 amide bonds. The molecule has 4 nitrogen and oxygen atoms in total. The molecule has 5 heteroatoms. The Morgan fingerprint density at radius 3 is 2.35 bits per heavy atom. The molecule has 1 N–H and O–H groups in total. The summed E-state index contributed by atoms with van der Waals surface area (Å²) in [5.41, 5.74) is 1.46. The first-order valence-corrected chi connectivity index (χ1v) is 10.0. The summed E-state index contributed by atoms with van der Waals surface area (Å²) >= 11 is 1.66. The van der Waals surface area contributed by atoms with Gasteiger partial charge in [0.25, 0.3) is 5.91 Å². The predicted octanol–water partition coefficient (Wildman–Crippen LogP) is 4.06. The summed E-state index contributed by atoms with van der Waals surface area (Å²) in [4.78, 5) is 24.9. The zero-order valence-electron chi connectivity index (χ0n) is 15.0. The summed E-state index contributed by atoms with van der Waals surface area (Å²) in [5, 5.41) is 2.81. The van der Waals surface area contributed by atoms with Gasteiger partial charge in [0.05, 0.1) is 0 Å². The number of benzene rings is 2. The molecule has 0 fully saturated rings. The summed E-state index contributed by atoms with van der Waals surface area (Å²) in [6.07, 6.45) is 2.19. The maximum atomic E-state index is 12.5. The van der Waals surface area contributed by atoms with E-state index in [0.717, 1.165) is 24.2 Å². The molecule has 2 aromatic carbocycles. The van der Waals surface area contributed by atoms with E-state index in [9.17, 15) is 9.59 Å². The van der Waals surface area contributed by atoms with Crippen LogP contribution in [0.25, 0.3) is 0 Å². The fourth-order valence-electron chi connectivity index (χ4n) is 2.28. The van der Waals surface area contributed by atoms with E-state index in [4.69, 9.17) is 4.74 Å². The summed E-state index contributed by atoms with van der Waals surface area (Å²) in [5.74, 6) is 0.803. The van der Waals surface area contributed by atoms with Crippen LogP contribution in [0.4, 0.5) is 0 Å². The number of hydrogen-bond acceptors (Lipinski definition) is 4. The van der Waals surface area contributed by atoms with Gasteiger partial charge in [0.1, 0.15) is 12.6 Å². The maximum Gasteiger partial charge on any atom is 0.329 e. The van der Waals surface area contributed by atoms with Crippen LogP contribution in [0.15, 0.2) is 60.7 Å². The Bertz CT molecular complexity index is 676. The third-order valence-corrected chi connectivity index (χ3v) is 4.92. The largest absolute Gasteiger partial charge is 0.459 e. The Morgan fingerprint density at radius 2 is 1.69 bits per heavy atom. The number of carbonyl (C=O) groups is 2. The molecule has 0 aliphatic carbocycles. The number of thioether (sulfide) groups is 1. The smallest absolute Gasteiger partial charge is 0.329 e. The molecular weight excluding hydrogens is 346 g/mol. The first-order valence-electron chi connectivity index (χ1n) is 8.85. The highest BCUT2D eigenvalue weighted by atomic mass is 32.2.